The maximum atomic E-state index is 14.0. The highest BCUT2D eigenvalue weighted by Crippen LogP contribution is 2.37. The van der Waals surface area contributed by atoms with E-state index in [0.717, 1.165) is 18.9 Å². The topological polar surface area (TPSA) is 72.2 Å². The number of aromatic nitrogens is 2. The minimum atomic E-state index is -1.30. The molecular formula is C14H13FN2O3S. The molecule has 2 heterocycles. The molecule has 0 aromatic carbocycles. The van der Waals surface area contributed by atoms with Crippen molar-refractivity contribution >= 4 is 28.8 Å². The summed E-state index contributed by atoms with van der Waals surface area (Å²) in [5.74, 6) is -1.23. The van der Waals surface area contributed by atoms with E-state index in [2.05, 4.69) is 4.98 Å². The smallest absolute Gasteiger partial charge is 0.341 e. The molecule has 1 aliphatic rings. The number of nitrogens with zero attached hydrogens (tertiary/aromatic N) is 2. The third-order valence-electron chi connectivity index (χ3n) is 3.38. The first kappa shape index (κ1) is 14.1. The van der Waals surface area contributed by atoms with Gasteiger partial charge in [0.2, 0.25) is 5.43 Å². The Balaban J connectivity index is 2.35. The van der Waals surface area contributed by atoms with Crippen LogP contribution in [0.2, 0.25) is 0 Å². The Morgan fingerprint density at radius 2 is 2.29 bits per heavy atom. The molecule has 21 heavy (non-hydrogen) atoms. The predicted octanol–water partition coefficient (Wildman–Crippen LogP) is 2.68. The van der Waals surface area contributed by atoms with Crippen molar-refractivity contribution in [2.75, 3.05) is 5.75 Å². The van der Waals surface area contributed by atoms with Crippen LogP contribution in [0.5, 0.6) is 0 Å². The second-order valence-electron chi connectivity index (χ2n) is 4.90. The minimum Gasteiger partial charge on any atom is -0.477 e. The summed E-state index contributed by atoms with van der Waals surface area (Å²) >= 11 is 1.26. The second kappa shape index (κ2) is 5.14. The summed E-state index contributed by atoms with van der Waals surface area (Å²) in [5, 5.41) is 9.39. The zero-order chi connectivity index (χ0) is 15.1. The molecule has 0 unspecified atom stereocenters. The van der Waals surface area contributed by atoms with Gasteiger partial charge in [0, 0.05) is 12.2 Å². The number of hydrogen-bond acceptors (Lipinski definition) is 4. The third kappa shape index (κ3) is 2.42. The highest BCUT2D eigenvalue weighted by atomic mass is 32.2. The summed E-state index contributed by atoms with van der Waals surface area (Å²) in [5.41, 5.74) is -0.662. The van der Waals surface area contributed by atoms with Crippen LogP contribution in [0.1, 0.15) is 36.2 Å². The van der Waals surface area contributed by atoms with Crippen LogP contribution in [0.25, 0.3) is 11.0 Å². The van der Waals surface area contributed by atoms with E-state index >= 15 is 0 Å². The summed E-state index contributed by atoms with van der Waals surface area (Å²) in [6.07, 6.45) is 3.15. The molecule has 0 amide bonds. The van der Waals surface area contributed by atoms with Gasteiger partial charge in [0.1, 0.15) is 16.2 Å². The van der Waals surface area contributed by atoms with Gasteiger partial charge >= 0.3 is 5.97 Å². The number of fused-ring (bicyclic) bond motifs is 1. The van der Waals surface area contributed by atoms with E-state index in [1.165, 1.54) is 18.0 Å². The fourth-order valence-corrected chi connectivity index (χ4v) is 2.87. The van der Waals surface area contributed by atoms with Crippen molar-refractivity contribution in [3.05, 3.63) is 33.9 Å². The Morgan fingerprint density at radius 3 is 2.86 bits per heavy atom. The van der Waals surface area contributed by atoms with Crippen LogP contribution in [0.15, 0.2) is 22.1 Å². The molecule has 110 valence electrons. The van der Waals surface area contributed by atoms with Crippen LogP contribution in [0.4, 0.5) is 4.39 Å². The molecule has 1 aliphatic carbocycles. The Bertz CT molecular complexity index is 799. The Hall–Kier alpha value is -1.89. The Labute approximate surface area is 123 Å². The average Bonchev–Trinajstić information content (AvgIpc) is 3.25. The number of aromatic carboxylic acids is 1. The van der Waals surface area contributed by atoms with Crippen molar-refractivity contribution < 1.29 is 14.3 Å². The Morgan fingerprint density at radius 1 is 1.57 bits per heavy atom. The molecular weight excluding hydrogens is 295 g/mol. The van der Waals surface area contributed by atoms with Gasteiger partial charge < -0.3 is 9.67 Å². The molecule has 1 N–H and O–H groups in total. The quantitative estimate of drug-likeness (QED) is 0.879. The zero-order valence-electron chi connectivity index (χ0n) is 11.3. The molecule has 2 aromatic rings. The van der Waals surface area contributed by atoms with Crippen molar-refractivity contribution in [3.63, 3.8) is 0 Å². The van der Waals surface area contributed by atoms with Gasteiger partial charge in [-0.1, -0.05) is 6.92 Å². The highest BCUT2D eigenvalue weighted by molar-refractivity contribution is 7.99. The second-order valence-corrected chi connectivity index (χ2v) is 6.15. The monoisotopic (exact) mass is 308 g/mol. The lowest BCUT2D eigenvalue weighted by Gasteiger charge is -2.12. The van der Waals surface area contributed by atoms with Crippen molar-refractivity contribution in [1.29, 1.82) is 0 Å². The summed E-state index contributed by atoms with van der Waals surface area (Å²) in [6, 6.07) is 1.25. The van der Waals surface area contributed by atoms with Crippen LogP contribution < -0.4 is 5.43 Å². The predicted molar refractivity (Wildman–Crippen MR) is 77.6 cm³/mol. The molecule has 0 spiro atoms. The molecule has 2 aromatic heterocycles. The molecule has 0 aliphatic heterocycles. The maximum Gasteiger partial charge on any atom is 0.341 e. The molecule has 5 nitrogen and oxygen atoms in total. The number of pyridine rings is 2. The van der Waals surface area contributed by atoms with Crippen LogP contribution >= 0.6 is 11.8 Å². The number of halogens is 1. The van der Waals surface area contributed by atoms with Crippen LogP contribution in [0.3, 0.4) is 0 Å². The lowest BCUT2D eigenvalue weighted by atomic mass is 10.2. The number of rotatable bonds is 4. The van der Waals surface area contributed by atoms with Crippen LogP contribution in [-0.2, 0) is 0 Å². The number of hydrogen-bond donors (Lipinski definition) is 1. The first-order valence-electron chi connectivity index (χ1n) is 6.64. The van der Waals surface area contributed by atoms with E-state index in [1.54, 1.807) is 4.57 Å². The molecule has 3 rings (SSSR count). The van der Waals surface area contributed by atoms with E-state index in [0.29, 0.717) is 11.4 Å². The molecule has 0 bridgehead atoms. The number of carboxylic acids is 1. The number of carboxylic acid groups (broad SMARTS) is 1. The van der Waals surface area contributed by atoms with Gasteiger partial charge in [-0.2, -0.15) is 0 Å². The third-order valence-corrected chi connectivity index (χ3v) is 4.23. The van der Waals surface area contributed by atoms with Gasteiger partial charge in [0.25, 0.3) is 0 Å². The fourth-order valence-electron chi connectivity index (χ4n) is 2.25. The first-order chi connectivity index (χ1) is 10.0. The van der Waals surface area contributed by atoms with E-state index < -0.39 is 17.2 Å². The van der Waals surface area contributed by atoms with Gasteiger partial charge in [0.15, 0.2) is 5.82 Å². The lowest BCUT2D eigenvalue weighted by molar-refractivity contribution is 0.0695. The summed E-state index contributed by atoms with van der Waals surface area (Å²) in [7, 11) is 0. The maximum absolute atomic E-state index is 14.0. The molecule has 1 fully saturated rings. The molecule has 0 atom stereocenters. The summed E-state index contributed by atoms with van der Waals surface area (Å²) < 4.78 is 15.7. The van der Waals surface area contributed by atoms with Crippen molar-refractivity contribution in [2.45, 2.75) is 30.8 Å². The van der Waals surface area contributed by atoms with E-state index in [4.69, 9.17) is 5.11 Å². The average molecular weight is 308 g/mol. The van der Waals surface area contributed by atoms with Gasteiger partial charge in [-0.15, -0.1) is 11.8 Å². The molecule has 0 saturated heterocycles. The SMILES string of the molecule is CCSc1nc2c(cc1F)c(=O)c(C(=O)O)cn2C1CC1. The highest BCUT2D eigenvalue weighted by Gasteiger charge is 2.28. The summed E-state index contributed by atoms with van der Waals surface area (Å²) in [6.45, 7) is 1.89. The van der Waals surface area contributed by atoms with Gasteiger partial charge in [-0.3, -0.25) is 4.79 Å². The zero-order valence-corrected chi connectivity index (χ0v) is 12.1. The van der Waals surface area contributed by atoms with Crippen molar-refractivity contribution in [2.24, 2.45) is 0 Å². The van der Waals surface area contributed by atoms with Crippen molar-refractivity contribution in [1.82, 2.24) is 9.55 Å². The van der Waals surface area contributed by atoms with Crippen LogP contribution in [-0.4, -0.2) is 26.4 Å². The normalized spacial score (nSPS) is 14.6. The number of carbonyl (C=O) groups is 1. The van der Waals surface area contributed by atoms with E-state index in [-0.39, 0.29) is 22.0 Å². The number of thioether (sulfide) groups is 1. The first-order valence-corrected chi connectivity index (χ1v) is 7.63. The fraction of sp³-hybridized carbons (Fsp3) is 0.357. The molecule has 0 radical (unpaired) electrons. The van der Waals surface area contributed by atoms with E-state index in [9.17, 15) is 14.0 Å². The van der Waals surface area contributed by atoms with Gasteiger partial charge in [-0.05, 0) is 24.7 Å². The standard InChI is InChI=1S/C14H13FN2O3S/c1-2-21-13-10(15)5-8-11(18)9(14(19)20)6-17(7-3-4-7)12(8)16-13/h5-7H,2-4H2,1H3,(H,19,20). The van der Waals surface area contributed by atoms with Gasteiger partial charge in [0.05, 0.1) is 5.39 Å². The van der Waals surface area contributed by atoms with Crippen molar-refractivity contribution in [3.8, 4) is 0 Å². The van der Waals surface area contributed by atoms with E-state index in [1.807, 2.05) is 6.92 Å². The van der Waals surface area contributed by atoms with Gasteiger partial charge in [-0.25, -0.2) is 14.2 Å². The summed E-state index contributed by atoms with van der Waals surface area (Å²) in [4.78, 5) is 27.6. The Kier molecular flexibility index (Phi) is 3.44. The van der Waals surface area contributed by atoms with Crippen LogP contribution in [0, 0.1) is 5.82 Å². The lowest BCUT2D eigenvalue weighted by Crippen LogP contribution is -2.19. The molecule has 7 heteroatoms. The largest absolute Gasteiger partial charge is 0.477 e. The molecule has 1 saturated carbocycles. The minimum absolute atomic E-state index is 0.0275.